The Kier molecular flexibility index (Phi) is 8.93. The molecule has 0 unspecified atom stereocenters. The van der Waals surface area contributed by atoms with Crippen molar-refractivity contribution in [2.24, 2.45) is 0 Å². The molecule has 0 saturated heterocycles. The van der Waals surface area contributed by atoms with Gasteiger partial charge in [-0.3, -0.25) is 9.59 Å². The third kappa shape index (κ3) is 6.97. The molecule has 0 aliphatic heterocycles. The van der Waals surface area contributed by atoms with E-state index in [2.05, 4.69) is 27.8 Å². The van der Waals surface area contributed by atoms with Crippen LogP contribution in [0.25, 0.3) is 0 Å². The summed E-state index contributed by atoms with van der Waals surface area (Å²) in [4.78, 5) is 23.7. The molecule has 1 aromatic carbocycles. The van der Waals surface area contributed by atoms with Crippen molar-refractivity contribution in [1.29, 1.82) is 0 Å². The van der Waals surface area contributed by atoms with E-state index in [1.165, 1.54) is 34.9 Å². The number of para-hydroxylation sites is 1. The van der Waals surface area contributed by atoms with Crippen molar-refractivity contribution in [3.63, 3.8) is 0 Å². The maximum atomic E-state index is 12.1. The second-order valence-corrected chi connectivity index (χ2v) is 8.74. The number of hydrogen-bond acceptors (Lipinski definition) is 7. The van der Waals surface area contributed by atoms with Crippen molar-refractivity contribution in [2.45, 2.75) is 35.4 Å². The molecular formula is C17H22N4O2S3. The number of benzene rings is 1. The van der Waals surface area contributed by atoms with Crippen LogP contribution in [0.4, 0.5) is 5.69 Å². The van der Waals surface area contributed by atoms with E-state index in [1.807, 2.05) is 31.2 Å². The van der Waals surface area contributed by atoms with E-state index in [-0.39, 0.29) is 17.6 Å². The Bertz CT molecular complexity index is 736. The van der Waals surface area contributed by atoms with Gasteiger partial charge in [-0.05, 0) is 24.5 Å². The molecule has 26 heavy (non-hydrogen) atoms. The fourth-order valence-electron chi connectivity index (χ4n) is 2.02. The second kappa shape index (κ2) is 11.2. The van der Waals surface area contributed by atoms with Crippen LogP contribution in [0.1, 0.15) is 25.8 Å². The van der Waals surface area contributed by atoms with Gasteiger partial charge in [0.2, 0.25) is 11.8 Å². The highest BCUT2D eigenvalue weighted by Crippen LogP contribution is 2.28. The van der Waals surface area contributed by atoms with Crippen molar-refractivity contribution < 1.29 is 9.59 Å². The number of amides is 2. The summed E-state index contributed by atoms with van der Waals surface area (Å²) < 4.78 is 1.45. The molecule has 0 radical (unpaired) electrons. The number of carbonyl (C=O) groups is 2. The average molecular weight is 411 g/mol. The summed E-state index contributed by atoms with van der Waals surface area (Å²) in [5, 5.41) is 13.9. The third-order valence-electron chi connectivity index (χ3n) is 3.29. The molecule has 2 N–H and O–H groups in total. The zero-order valence-electron chi connectivity index (χ0n) is 14.8. The summed E-state index contributed by atoms with van der Waals surface area (Å²) >= 11 is 4.11. The van der Waals surface area contributed by atoms with Gasteiger partial charge in [0.05, 0.1) is 11.5 Å². The van der Waals surface area contributed by atoms with Crippen molar-refractivity contribution in [2.75, 3.05) is 23.4 Å². The highest BCUT2D eigenvalue weighted by atomic mass is 32.2. The fourth-order valence-corrected chi connectivity index (χ4v) is 4.67. The van der Waals surface area contributed by atoms with E-state index in [0.717, 1.165) is 32.8 Å². The molecule has 9 heteroatoms. The molecule has 0 spiro atoms. The lowest BCUT2D eigenvalue weighted by atomic mass is 10.1. The zero-order chi connectivity index (χ0) is 18.8. The number of nitrogens with zero attached hydrogens (tertiary/aromatic N) is 2. The molecule has 2 amide bonds. The van der Waals surface area contributed by atoms with E-state index < -0.39 is 0 Å². The molecule has 0 bridgehead atoms. The molecule has 1 heterocycles. The first-order valence-electron chi connectivity index (χ1n) is 8.36. The van der Waals surface area contributed by atoms with Crippen molar-refractivity contribution in [1.82, 2.24) is 15.5 Å². The topological polar surface area (TPSA) is 84.0 Å². The number of rotatable bonds is 10. The molecule has 6 nitrogen and oxygen atoms in total. The number of aryl methyl sites for hydroxylation is 1. The molecule has 2 aromatic rings. The molecule has 0 saturated carbocycles. The smallest absolute Gasteiger partial charge is 0.234 e. The summed E-state index contributed by atoms with van der Waals surface area (Å²) in [5.41, 5.74) is 1.97. The first-order valence-corrected chi connectivity index (χ1v) is 11.1. The monoisotopic (exact) mass is 410 g/mol. The van der Waals surface area contributed by atoms with E-state index in [1.54, 1.807) is 0 Å². The molecule has 140 valence electrons. The lowest BCUT2D eigenvalue weighted by molar-refractivity contribution is -0.118. The summed E-state index contributed by atoms with van der Waals surface area (Å²) in [5.74, 6) is 0.525. The van der Waals surface area contributed by atoms with E-state index in [9.17, 15) is 9.59 Å². The lowest BCUT2D eigenvalue weighted by Gasteiger charge is -2.08. The van der Waals surface area contributed by atoms with Crippen molar-refractivity contribution >= 4 is 52.4 Å². The number of hydrogen-bond donors (Lipinski definition) is 2. The van der Waals surface area contributed by atoms with Gasteiger partial charge in [0.15, 0.2) is 8.68 Å². The zero-order valence-corrected chi connectivity index (χ0v) is 17.2. The Hall–Kier alpha value is -1.58. The summed E-state index contributed by atoms with van der Waals surface area (Å²) in [7, 11) is 0. The van der Waals surface area contributed by atoms with Gasteiger partial charge in [0, 0.05) is 12.2 Å². The predicted octanol–water partition coefficient (Wildman–Crippen LogP) is 3.45. The van der Waals surface area contributed by atoms with E-state index in [0.29, 0.717) is 12.3 Å². The largest absolute Gasteiger partial charge is 0.355 e. The van der Waals surface area contributed by atoms with Crippen LogP contribution in [0, 0.1) is 0 Å². The quantitative estimate of drug-likeness (QED) is 0.584. The first kappa shape index (κ1) is 20.7. The maximum Gasteiger partial charge on any atom is 0.234 e. The minimum absolute atomic E-state index is 0.00443. The first-order chi connectivity index (χ1) is 12.6. The number of aromatic nitrogens is 2. The fraction of sp³-hybridized carbons (Fsp3) is 0.412. The number of anilines is 1. The standard InChI is InChI=1S/C17H22N4O2S3/c1-3-9-18-14(22)10-24-16-20-21-17(26-16)25-11-15(23)19-13-8-6-5-7-12(13)4-2/h5-8H,3-4,9-11H2,1-2H3,(H,18,22)(H,19,23). The van der Waals surface area contributed by atoms with Crippen LogP contribution >= 0.6 is 34.9 Å². The van der Waals surface area contributed by atoms with Gasteiger partial charge in [0.25, 0.3) is 0 Å². The Morgan fingerprint density at radius 3 is 2.35 bits per heavy atom. The Labute approximate surface area is 165 Å². The van der Waals surface area contributed by atoms with Gasteiger partial charge in [-0.1, -0.05) is 66.9 Å². The van der Waals surface area contributed by atoms with Gasteiger partial charge in [0.1, 0.15) is 0 Å². The molecule has 0 aliphatic carbocycles. The summed E-state index contributed by atoms with van der Waals surface area (Å²) in [6.07, 6.45) is 1.78. The summed E-state index contributed by atoms with van der Waals surface area (Å²) in [6, 6.07) is 7.79. The van der Waals surface area contributed by atoms with Gasteiger partial charge < -0.3 is 10.6 Å². The predicted molar refractivity (Wildman–Crippen MR) is 109 cm³/mol. The second-order valence-electron chi connectivity index (χ2n) is 5.32. The van der Waals surface area contributed by atoms with Crippen LogP contribution in [0.15, 0.2) is 32.9 Å². The van der Waals surface area contributed by atoms with Gasteiger partial charge >= 0.3 is 0 Å². The molecule has 0 fully saturated rings. The normalized spacial score (nSPS) is 10.5. The Balaban J connectivity index is 1.76. The van der Waals surface area contributed by atoms with Crippen LogP contribution in [-0.2, 0) is 16.0 Å². The van der Waals surface area contributed by atoms with E-state index >= 15 is 0 Å². The molecule has 0 atom stereocenters. The Morgan fingerprint density at radius 2 is 1.69 bits per heavy atom. The number of nitrogens with one attached hydrogen (secondary N) is 2. The molecule has 0 aliphatic rings. The molecule has 2 rings (SSSR count). The van der Waals surface area contributed by atoms with Crippen LogP contribution in [0.2, 0.25) is 0 Å². The van der Waals surface area contributed by atoms with E-state index in [4.69, 9.17) is 0 Å². The van der Waals surface area contributed by atoms with Crippen LogP contribution in [0.3, 0.4) is 0 Å². The van der Waals surface area contributed by atoms with Crippen LogP contribution in [-0.4, -0.2) is 40.1 Å². The SMILES string of the molecule is CCCNC(=O)CSc1nnc(SCC(=O)Nc2ccccc2CC)s1. The minimum atomic E-state index is -0.0701. The average Bonchev–Trinajstić information content (AvgIpc) is 3.11. The van der Waals surface area contributed by atoms with Crippen molar-refractivity contribution in [3.8, 4) is 0 Å². The highest BCUT2D eigenvalue weighted by Gasteiger charge is 2.11. The minimum Gasteiger partial charge on any atom is -0.355 e. The number of carbonyl (C=O) groups excluding carboxylic acids is 2. The Morgan fingerprint density at radius 1 is 1.04 bits per heavy atom. The van der Waals surface area contributed by atoms with Gasteiger partial charge in [-0.25, -0.2) is 0 Å². The van der Waals surface area contributed by atoms with Crippen molar-refractivity contribution in [3.05, 3.63) is 29.8 Å². The number of thioether (sulfide) groups is 2. The maximum absolute atomic E-state index is 12.1. The lowest BCUT2D eigenvalue weighted by Crippen LogP contribution is -2.25. The molecule has 1 aromatic heterocycles. The van der Waals surface area contributed by atoms with Gasteiger partial charge in [-0.2, -0.15) is 0 Å². The van der Waals surface area contributed by atoms with Gasteiger partial charge in [-0.15, -0.1) is 10.2 Å². The van der Waals surface area contributed by atoms with Crippen LogP contribution in [0.5, 0.6) is 0 Å². The summed E-state index contributed by atoms with van der Waals surface area (Å²) in [6.45, 7) is 4.76. The van der Waals surface area contributed by atoms with Crippen LogP contribution < -0.4 is 10.6 Å². The highest BCUT2D eigenvalue weighted by molar-refractivity contribution is 8.03. The molecular weight excluding hydrogens is 388 g/mol. The third-order valence-corrected chi connectivity index (χ3v) is 6.48.